The second-order valence-electron chi connectivity index (χ2n) is 14.0. The van der Waals surface area contributed by atoms with Gasteiger partial charge >= 0.3 is 6.09 Å². The van der Waals surface area contributed by atoms with Gasteiger partial charge in [0.25, 0.3) is 0 Å². The van der Waals surface area contributed by atoms with Gasteiger partial charge < -0.3 is 39.8 Å². The Labute approximate surface area is 272 Å². The Balaban J connectivity index is 1.33. The van der Waals surface area contributed by atoms with Crippen molar-refractivity contribution in [2.45, 2.75) is 104 Å². The Morgan fingerprint density at radius 1 is 1.02 bits per heavy atom. The zero-order valence-corrected chi connectivity index (χ0v) is 28.5. The van der Waals surface area contributed by atoms with Crippen molar-refractivity contribution < 1.29 is 38.7 Å². The second-order valence-corrected chi connectivity index (χ2v) is 14.0. The standard InChI is InChI=1S/C35H63N2O8/c1-5-44-34(41)37-16-19-43-22-21-42-18-15-36-33(40)13-9-26(3)30-11-12-31-29(7-6-14-35(30,31)4)32(39)24-27-23-28(45-20-17-38)10-8-25(27)2/h7,25-32,38-39H,5-6,8-24H2,1-4H3,(H,36,40)(H,37,41)/t25?,26-,27?,28?,29?,30?,31?,32?,35?/m1/s1. The monoisotopic (exact) mass is 639 g/mol. The molecule has 4 N–H and O–H groups in total. The molecule has 0 aromatic carbocycles. The molecule has 1 radical (unpaired) electrons. The molecule has 0 aromatic rings. The van der Waals surface area contributed by atoms with Gasteiger partial charge in [0.1, 0.15) is 0 Å². The van der Waals surface area contributed by atoms with Gasteiger partial charge in [-0.2, -0.15) is 0 Å². The molecule has 0 bridgehead atoms. The number of fused-ring (bicyclic) bond motifs is 1. The molecule has 0 heterocycles. The minimum Gasteiger partial charge on any atom is -0.450 e. The molecule has 0 spiro atoms. The number of aliphatic hydroxyl groups is 2. The number of nitrogens with one attached hydrogen (secondary N) is 2. The van der Waals surface area contributed by atoms with Gasteiger partial charge in [-0.1, -0.05) is 20.8 Å². The highest BCUT2D eigenvalue weighted by Gasteiger charge is 2.54. The number of aliphatic hydroxyl groups excluding tert-OH is 2. The number of ether oxygens (including phenoxy) is 4. The number of alkyl carbamates (subject to hydrolysis) is 1. The van der Waals surface area contributed by atoms with Gasteiger partial charge in [-0.25, -0.2) is 4.79 Å². The van der Waals surface area contributed by atoms with Crippen LogP contribution < -0.4 is 10.6 Å². The molecule has 3 fully saturated rings. The van der Waals surface area contributed by atoms with Gasteiger partial charge in [-0.05, 0) is 112 Å². The van der Waals surface area contributed by atoms with Crippen molar-refractivity contribution >= 4 is 12.0 Å². The van der Waals surface area contributed by atoms with Gasteiger partial charge in [-0.15, -0.1) is 0 Å². The molecule has 0 aliphatic heterocycles. The van der Waals surface area contributed by atoms with Crippen LogP contribution in [-0.4, -0.2) is 93.8 Å². The minimum absolute atomic E-state index is 0.0636. The molecular weight excluding hydrogens is 576 g/mol. The Bertz CT molecular complexity index is 860. The molecule has 2 amide bonds. The maximum Gasteiger partial charge on any atom is 0.407 e. The molecule has 8 unspecified atom stereocenters. The fraction of sp³-hybridized carbons (Fsp3) is 0.914. The number of rotatable bonds is 20. The van der Waals surface area contributed by atoms with Gasteiger partial charge in [0, 0.05) is 19.5 Å². The average Bonchev–Trinajstić information content (AvgIpc) is 3.38. The summed E-state index contributed by atoms with van der Waals surface area (Å²) in [4.78, 5) is 23.8. The van der Waals surface area contributed by atoms with Crippen molar-refractivity contribution in [3.63, 3.8) is 0 Å². The molecule has 45 heavy (non-hydrogen) atoms. The van der Waals surface area contributed by atoms with Gasteiger partial charge in [0.15, 0.2) is 0 Å². The van der Waals surface area contributed by atoms with E-state index in [0.717, 1.165) is 44.9 Å². The van der Waals surface area contributed by atoms with Crippen LogP contribution in [0.15, 0.2) is 0 Å². The van der Waals surface area contributed by atoms with E-state index in [0.29, 0.717) is 88.7 Å². The fourth-order valence-corrected chi connectivity index (χ4v) is 8.59. The first-order chi connectivity index (χ1) is 21.7. The van der Waals surface area contributed by atoms with Gasteiger partial charge in [-0.3, -0.25) is 4.79 Å². The summed E-state index contributed by atoms with van der Waals surface area (Å²) < 4.78 is 21.6. The van der Waals surface area contributed by atoms with Crippen molar-refractivity contribution in [2.24, 2.45) is 40.9 Å². The molecule has 0 saturated heterocycles. The second kappa shape index (κ2) is 20.0. The van der Waals surface area contributed by atoms with Crippen molar-refractivity contribution in [2.75, 3.05) is 59.3 Å². The average molecular weight is 640 g/mol. The Kier molecular flexibility index (Phi) is 16.9. The first kappa shape index (κ1) is 38.0. The summed E-state index contributed by atoms with van der Waals surface area (Å²) in [6.07, 6.45) is 11.8. The summed E-state index contributed by atoms with van der Waals surface area (Å²) in [5.74, 6) is 2.87. The van der Waals surface area contributed by atoms with Crippen LogP contribution in [0.4, 0.5) is 4.79 Å². The van der Waals surface area contributed by atoms with Crippen molar-refractivity contribution in [1.29, 1.82) is 0 Å². The Morgan fingerprint density at radius 2 is 1.76 bits per heavy atom. The predicted octanol–water partition coefficient (Wildman–Crippen LogP) is 4.51. The fourth-order valence-electron chi connectivity index (χ4n) is 8.59. The lowest BCUT2D eigenvalue weighted by molar-refractivity contribution is -0.121. The third-order valence-corrected chi connectivity index (χ3v) is 11.1. The normalized spacial score (nSPS) is 31.2. The third kappa shape index (κ3) is 11.9. The van der Waals surface area contributed by atoms with E-state index in [4.69, 9.17) is 24.1 Å². The smallest absolute Gasteiger partial charge is 0.407 e. The zero-order chi connectivity index (χ0) is 32.7. The highest BCUT2D eigenvalue weighted by atomic mass is 16.5. The minimum atomic E-state index is -0.443. The lowest BCUT2D eigenvalue weighted by Gasteiger charge is -2.48. The van der Waals surface area contributed by atoms with Crippen LogP contribution in [-0.2, 0) is 23.7 Å². The van der Waals surface area contributed by atoms with Crippen LogP contribution >= 0.6 is 0 Å². The molecule has 10 heteroatoms. The van der Waals surface area contributed by atoms with Gasteiger partial charge in [0.05, 0.1) is 58.5 Å². The van der Waals surface area contributed by atoms with Crippen molar-refractivity contribution in [1.82, 2.24) is 10.6 Å². The molecular formula is C35H63N2O8. The topological polar surface area (TPSA) is 136 Å². The summed E-state index contributed by atoms with van der Waals surface area (Å²) in [6.45, 7) is 12.2. The molecule has 10 nitrogen and oxygen atoms in total. The Morgan fingerprint density at radius 3 is 2.47 bits per heavy atom. The van der Waals surface area contributed by atoms with Crippen LogP contribution in [0, 0.1) is 47.3 Å². The molecule has 3 aliphatic rings. The molecule has 9 atom stereocenters. The molecule has 3 rings (SSSR count). The summed E-state index contributed by atoms with van der Waals surface area (Å²) >= 11 is 0. The number of carbonyl (C=O) groups is 2. The largest absolute Gasteiger partial charge is 0.450 e. The van der Waals surface area contributed by atoms with Gasteiger partial charge in [0.2, 0.25) is 5.91 Å². The van der Waals surface area contributed by atoms with E-state index in [2.05, 4.69) is 37.8 Å². The zero-order valence-electron chi connectivity index (χ0n) is 28.5. The molecule has 3 aliphatic carbocycles. The van der Waals surface area contributed by atoms with E-state index >= 15 is 0 Å². The molecule has 261 valence electrons. The number of amides is 2. The van der Waals surface area contributed by atoms with E-state index in [9.17, 15) is 14.7 Å². The quantitative estimate of drug-likeness (QED) is 0.143. The summed E-state index contributed by atoms with van der Waals surface area (Å²) in [5.41, 5.74) is 0.200. The van der Waals surface area contributed by atoms with E-state index < -0.39 is 6.09 Å². The van der Waals surface area contributed by atoms with Crippen LogP contribution in [0.25, 0.3) is 0 Å². The summed E-state index contributed by atoms with van der Waals surface area (Å²) in [7, 11) is 0. The maximum absolute atomic E-state index is 12.6. The van der Waals surface area contributed by atoms with E-state index in [-0.39, 0.29) is 36.1 Å². The van der Waals surface area contributed by atoms with Crippen LogP contribution in [0.2, 0.25) is 0 Å². The van der Waals surface area contributed by atoms with Crippen molar-refractivity contribution in [3.05, 3.63) is 6.42 Å². The summed E-state index contributed by atoms with van der Waals surface area (Å²) in [5, 5.41) is 26.3. The molecule has 3 saturated carbocycles. The Hall–Kier alpha value is -1.46. The number of carbonyl (C=O) groups excluding carboxylic acids is 2. The van der Waals surface area contributed by atoms with Crippen LogP contribution in [0.1, 0.15) is 91.9 Å². The lowest BCUT2D eigenvalue weighted by atomic mass is 9.57. The van der Waals surface area contributed by atoms with Crippen LogP contribution in [0.5, 0.6) is 0 Å². The van der Waals surface area contributed by atoms with E-state index in [1.807, 2.05) is 0 Å². The van der Waals surface area contributed by atoms with Crippen molar-refractivity contribution in [3.8, 4) is 0 Å². The predicted molar refractivity (Wildman–Crippen MR) is 173 cm³/mol. The molecule has 0 aromatic heterocycles. The highest BCUT2D eigenvalue weighted by molar-refractivity contribution is 5.75. The lowest BCUT2D eigenvalue weighted by Crippen LogP contribution is -2.44. The first-order valence-corrected chi connectivity index (χ1v) is 17.8. The van der Waals surface area contributed by atoms with E-state index in [1.165, 1.54) is 12.8 Å². The SMILES string of the molecule is CCOC(=O)NCCOCCOCCNC(=O)CC[C@@H](C)C1CCC2C(C(O)CC3CC(OCCO)CCC3C)[CH]CCC21C. The maximum atomic E-state index is 12.6. The number of hydrogen-bond acceptors (Lipinski definition) is 8. The number of hydrogen-bond donors (Lipinski definition) is 4. The first-order valence-electron chi connectivity index (χ1n) is 17.8. The highest BCUT2D eigenvalue weighted by Crippen LogP contribution is 2.60. The van der Waals surface area contributed by atoms with Crippen LogP contribution in [0.3, 0.4) is 0 Å². The summed E-state index contributed by atoms with van der Waals surface area (Å²) in [6, 6.07) is 0. The van der Waals surface area contributed by atoms with E-state index in [1.54, 1.807) is 6.92 Å². The third-order valence-electron chi connectivity index (χ3n) is 11.1.